The van der Waals surface area contributed by atoms with E-state index in [-0.39, 0.29) is 0 Å². The van der Waals surface area contributed by atoms with E-state index in [1.807, 2.05) is 0 Å². The maximum absolute atomic E-state index is 5.97. The lowest BCUT2D eigenvalue weighted by molar-refractivity contribution is -0.0911. The van der Waals surface area contributed by atoms with E-state index in [1.165, 1.54) is 42.4 Å². The van der Waals surface area contributed by atoms with E-state index in [2.05, 4.69) is 28.4 Å². The zero-order valence-electron chi connectivity index (χ0n) is 12.1. The van der Waals surface area contributed by atoms with Gasteiger partial charge in [0.25, 0.3) is 0 Å². The summed E-state index contributed by atoms with van der Waals surface area (Å²) >= 11 is 0. The first-order chi connectivity index (χ1) is 9.90. The normalized spacial score (nSPS) is 30.0. The molecule has 1 aliphatic carbocycles. The number of morpholine rings is 1. The Morgan fingerprint density at radius 2 is 2.05 bits per heavy atom. The average Bonchev–Trinajstić information content (AvgIpc) is 2.95. The molecule has 1 saturated carbocycles. The quantitative estimate of drug-likeness (QED) is 0.895. The van der Waals surface area contributed by atoms with Crippen LogP contribution in [-0.2, 0) is 24.4 Å². The third-order valence-electron chi connectivity index (χ3n) is 5.13. The van der Waals surface area contributed by atoms with Crippen LogP contribution in [0.1, 0.15) is 42.4 Å². The highest BCUT2D eigenvalue weighted by Gasteiger charge is 2.33. The van der Waals surface area contributed by atoms with Gasteiger partial charge in [0, 0.05) is 32.2 Å². The first-order valence-corrected chi connectivity index (χ1v) is 8.07. The predicted octanol–water partition coefficient (Wildman–Crippen LogP) is 2.43. The third-order valence-corrected chi connectivity index (χ3v) is 5.13. The summed E-state index contributed by atoms with van der Waals surface area (Å²) in [6.07, 6.45) is 5.79. The zero-order valence-corrected chi connectivity index (χ0v) is 12.1. The summed E-state index contributed by atoms with van der Waals surface area (Å²) in [4.78, 5) is 2.66. The van der Waals surface area contributed by atoms with Gasteiger partial charge in [0.05, 0.1) is 12.7 Å². The lowest BCUT2D eigenvalue weighted by Crippen LogP contribution is -2.52. The van der Waals surface area contributed by atoms with Gasteiger partial charge in [-0.2, -0.15) is 0 Å². The molecule has 2 atom stereocenters. The Hall–Kier alpha value is -0.900. The molecule has 108 valence electrons. The summed E-state index contributed by atoms with van der Waals surface area (Å²) < 4.78 is 5.97. The predicted molar refractivity (Wildman–Crippen MR) is 79.4 cm³/mol. The Kier molecular flexibility index (Phi) is 3.51. The van der Waals surface area contributed by atoms with Crippen LogP contribution in [0.4, 0.5) is 0 Å². The fraction of sp³-hybridized carbons (Fsp3) is 0.647. The minimum absolute atomic E-state index is 0.494. The molecule has 1 aromatic rings. The lowest BCUT2D eigenvalue weighted by atomic mass is 9.90. The van der Waals surface area contributed by atoms with Crippen molar-refractivity contribution in [3.63, 3.8) is 0 Å². The molecule has 1 N–H and O–H groups in total. The molecule has 0 radical (unpaired) electrons. The Bertz CT molecular complexity index is 486. The van der Waals surface area contributed by atoms with Crippen molar-refractivity contribution in [1.82, 2.24) is 10.2 Å². The molecule has 3 heteroatoms. The number of hydrogen-bond donors (Lipinski definition) is 1. The van der Waals surface area contributed by atoms with Crippen molar-refractivity contribution in [2.75, 3.05) is 13.2 Å². The van der Waals surface area contributed by atoms with Gasteiger partial charge < -0.3 is 10.1 Å². The molecule has 0 aromatic heterocycles. The Morgan fingerprint density at radius 3 is 3.05 bits per heavy atom. The van der Waals surface area contributed by atoms with Gasteiger partial charge >= 0.3 is 0 Å². The third kappa shape index (κ3) is 2.39. The Balaban J connectivity index is 1.50. The fourth-order valence-electron chi connectivity index (χ4n) is 4.05. The smallest absolute Gasteiger partial charge is 0.0731 e. The summed E-state index contributed by atoms with van der Waals surface area (Å²) in [7, 11) is 0. The maximum atomic E-state index is 5.97. The second-order valence-corrected chi connectivity index (χ2v) is 6.44. The van der Waals surface area contributed by atoms with Crippen molar-refractivity contribution in [3.8, 4) is 0 Å². The van der Waals surface area contributed by atoms with Crippen LogP contribution < -0.4 is 5.32 Å². The number of rotatable bonds is 2. The molecule has 0 amide bonds. The molecule has 2 unspecified atom stereocenters. The molecule has 0 bridgehead atoms. The molecule has 2 fully saturated rings. The Labute approximate surface area is 121 Å². The van der Waals surface area contributed by atoms with Crippen LogP contribution in [0.3, 0.4) is 0 Å². The number of hydrogen-bond acceptors (Lipinski definition) is 3. The van der Waals surface area contributed by atoms with Crippen molar-refractivity contribution in [2.45, 2.75) is 57.5 Å². The molecule has 3 aliphatic rings. The monoisotopic (exact) mass is 272 g/mol. The summed E-state index contributed by atoms with van der Waals surface area (Å²) in [6, 6.07) is 7.69. The van der Waals surface area contributed by atoms with E-state index < -0.39 is 0 Å². The summed E-state index contributed by atoms with van der Waals surface area (Å²) in [6.45, 7) is 5.18. The summed E-state index contributed by atoms with van der Waals surface area (Å²) in [5, 5.41) is 3.43. The number of ether oxygens (including phenoxy) is 1. The second kappa shape index (κ2) is 5.47. The molecular formula is C17H24N2O. The van der Waals surface area contributed by atoms with Gasteiger partial charge in [0.1, 0.15) is 0 Å². The standard InChI is InChI=1S/C17H24N2O/c1-2-4-17-16(3-1)19(7-8-20-17)12-13-5-6-14-10-18-11-15(14)9-13/h5-6,9,16-18H,1-4,7-8,10-12H2. The van der Waals surface area contributed by atoms with Crippen LogP contribution in [-0.4, -0.2) is 30.2 Å². The fourth-order valence-corrected chi connectivity index (χ4v) is 4.05. The molecule has 20 heavy (non-hydrogen) atoms. The highest BCUT2D eigenvalue weighted by Crippen LogP contribution is 2.29. The number of nitrogens with zero attached hydrogens (tertiary/aromatic N) is 1. The van der Waals surface area contributed by atoms with E-state index in [9.17, 15) is 0 Å². The topological polar surface area (TPSA) is 24.5 Å². The van der Waals surface area contributed by atoms with Crippen molar-refractivity contribution in [2.24, 2.45) is 0 Å². The highest BCUT2D eigenvalue weighted by molar-refractivity contribution is 5.34. The molecular weight excluding hydrogens is 248 g/mol. The van der Waals surface area contributed by atoms with Gasteiger partial charge in [-0.3, -0.25) is 4.90 Å². The zero-order chi connectivity index (χ0) is 13.4. The molecule has 2 aliphatic heterocycles. The molecule has 0 spiro atoms. The van der Waals surface area contributed by atoms with Crippen molar-refractivity contribution in [3.05, 3.63) is 34.9 Å². The van der Waals surface area contributed by atoms with Crippen LogP contribution in [0.2, 0.25) is 0 Å². The number of fused-ring (bicyclic) bond motifs is 2. The summed E-state index contributed by atoms with van der Waals surface area (Å²) in [5.41, 5.74) is 4.45. The molecule has 3 nitrogen and oxygen atoms in total. The molecule has 1 saturated heterocycles. The van der Waals surface area contributed by atoms with Gasteiger partial charge in [0.15, 0.2) is 0 Å². The maximum Gasteiger partial charge on any atom is 0.0731 e. The van der Waals surface area contributed by atoms with Crippen molar-refractivity contribution in [1.29, 1.82) is 0 Å². The van der Waals surface area contributed by atoms with Gasteiger partial charge in [0.2, 0.25) is 0 Å². The first-order valence-electron chi connectivity index (χ1n) is 8.07. The SMILES string of the molecule is c1cc2c(cc1CN1CCOC3CCCCC31)CNC2. The number of nitrogens with one attached hydrogen (secondary N) is 1. The minimum atomic E-state index is 0.494. The lowest BCUT2D eigenvalue weighted by Gasteiger charge is -2.44. The minimum Gasteiger partial charge on any atom is -0.375 e. The first kappa shape index (κ1) is 12.8. The van der Waals surface area contributed by atoms with Gasteiger partial charge in [-0.1, -0.05) is 31.0 Å². The van der Waals surface area contributed by atoms with Crippen LogP contribution in [0, 0.1) is 0 Å². The van der Waals surface area contributed by atoms with Crippen LogP contribution in [0.25, 0.3) is 0 Å². The van der Waals surface area contributed by atoms with Crippen LogP contribution >= 0.6 is 0 Å². The van der Waals surface area contributed by atoms with E-state index in [4.69, 9.17) is 4.74 Å². The molecule has 2 heterocycles. The van der Waals surface area contributed by atoms with E-state index in [0.717, 1.165) is 32.8 Å². The average molecular weight is 272 g/mol. The second-order valence-electron chi connectivity index (χ2n) is 6.44. The van der Waals surface area contributed by atoms with Crippen LogP contribution in [0.5, 0.6) is 0 Å². The largest absolute Gasteiger partial charge is 0.375 e. The van der Waals surface area contributed by atoms with E-state index in [0.29, 0.717) is 12.1 Å². The van der Waals surface area contributed by atoms with E-state index >= 15 is 0 Å². The number of benzene rings is 1. The Morgan fingerprint density at radius 1 is 1.15 bits per heavy atom. The van der Waals surface area contributed by atoms with Gasteiger partial charge in [-0.25, -0.2) is 0 Å². The van der Waals surface area contributed by atoms with Gasteiger partial charge in [-0.15, -0.1) is 0 Å². The molecule has 4 rings (SSSR count). The van der Waals surface area contributed by atoms with Gasteiger partial charge in [-0.05, 0) is 29.5 Å². The summed E-state index contributed by atoms with van der Waals surface area (Å²) in [5.74, 6) is 0. The highest BCUT2D eigenvalue weighted by atomic mass is 16.5. The molecule has 1 aromatic carbocycles. The van der Waals surface area contributed by atoms with E-state index in [1.54, 1.807) is 0 Å². The van der Waals surface area contributed by atoms with Crippen molar-refractivity contribution < 1.29 is 4.74 Å². The van der Waals surface area contributed by atoms with Crippen LogP contribution in [0.15, 0.2) is 18.2 Å². The van der Waals surface area contributed by atoms with Crippen molar-refractivity contribution >= 4 is 0 Å².